The van der Waals surface area contributed by atoms with E-state index in [0.29, 0.717) is 19.0 Å². The third-order valence-electron chi connectivity index (χ3n) is 3.50. The highest BCUT2D eigenvalue weighted by atomic mass is 16.4. The fourth-order valence-corrected chi connectivity index (χ4v) is 2.54. The van der Waals surface area contributed by atoms with E-state index in [0.717, 1.165) is 18.5 Å². The number of aryl methyl sites for hydroxylation is 1. The Bertz CT molecular complexity index is 423. The van der Waals surface area contributed by atoms with E-state index in [-0.39, 0.29) is 0 Å². The second-order valence-electron chi connectivity index (χ2n) is 4.66. The Hall–Kier alpha value is -1.71. The molecule has 0 spiro atoms. The first-order chi connectivity index (χ1) is 8.08. The van der Waals surface area contributed by atoms with Crippen molar-refractivity contribution >= 4 is 11.8 Å². The molecule has 17 heavy (non-hydrogen) atoms. The van der Waals surface area contributed by atoms with Gasteiger partial charge in [-0.3, -0.25) is 0 Å². The minimum atomic E-state index is -0.808. The van der Waals surface area contributed by atoms with Crippen LogP contribution in [0.15, 0.2) is 18.2 Å². The van der Waals surface area contributed by atoms with Crippen LogP contribution in [0, 0.1) is 6.92 Å². The highest BCUT2D eigenvalue weighted by Gasteiger charge is 2.24. The standard InChI is InChI=1S/C13H18N2O2/c1-9-8-11(14)2-3-12(9)10-4-6-15(7-5-10)13(16)17/h2-3,8,10H,4-7,14H2,1H3,(H,16,17). The summed E-state index contributed by atoms with van der Waals surface area (Å²) in [6, 6.07) is 5.98. The van der Waals surface area contributed by atoms with Gasteiger partial charge in [0.1, 0.15) is 0 Å². The lowest BCUT2D eigenvalue weighted by molar-refractivity contribution is 0.132. The molecule has 2 rings (SSSR count). The molecule has 1 heterocycles. The molecule has 3 N–H and O–H groups in total. The lowest BCUT2D eigenvalue weighted by atomic mass is 9.87. The number of nitrogens with two attached hydrogens (primary N) is 1. The van der Waals surface area contributed by atoms with Crippen LogP contribution in [0.3, 0.4) is 0 Å². The average molecular weight is 234 g/mol. The van der Waals surface area contributed by atoms with Gasteiger partial charge in [0, 0.05) is 18.8 Å². The summed E-state index contributed by atoms with van der Waals surface area (Å²) in [5.41, 5.74) is 9.04. The predicted molar refractivity (Wildman–Crippen MR) is 67.2 cm³/mol. The summed E-state index contributed by atoms with van der Waals surface area (Å²) < 4.78 is 0. The number of benzene rings is 1. The molecule has 1 aromatic rings. The van der Waals surface area contributed by atoms with Crippen molar-refractivity contribution in [3.05, 3.63) is 29.3 Å². The highest BCUT2D eigenvalue weighted by molar-refractivity contribution is 5.65. The average Bonchev–Trinajstić information content (AvgIpc) is 2.29. The summed E-state index contributed by atoms with van der Waals surface area (Å²) in [4.78, 5) is 12.3. The summed E-state index contributed by atoms with van der Waals surface area (Å²) in [5, 5.41) is 8.90. The smallest absolute Gasteiger partial charge is 0.407 e. The quantitative estimate of drug-likeness (QED) is 0.733. The molecule has 1 aliphatic rings. The third kappa shape index (κ3) is 2.52. The highest BCUT2D eigenvalue weighted by Crippen LogP contribution is 2.30. The molecule has 1 aliphatic heterocycles. The fraction of sp³-hybridized carbons (Fsp3) is 0.462. The van der Waals surface area contributed by atoms with Crippen LogP contribution >= 0.6 is 0 Å². The first kappa shape index (κ1) is 11.8. The Morgan fingerprint density at radius 1 is 1.41 bits per heavy atom. The van der Waals surface area contributed by atoms with Crippen LogP contribution in [0.5, 0.6) is 0 Å². The summed E-state index contributed by atoms with van der Waals surface area (Å²) >= 11 is 0. The lowest BCUT2D eigenvalue weighted by Crippen LogP contribution is -2.36. The minimum Gasteiger partial charge on any atom is -0.465 e. The van der Waals surface area contributed by atoms with E-state index >= 15 is 0 Å². The van der Waals surface area contributed by atoms with Gasteiger partial charge in [-0.1, -0.05) is 6.07 Å². The summed E-state index contributed by atoms with van der Waals surface area (Å²) in [6.45, 7) is 3.32. The van der Waals surface area contributed by atoms with Gasteiger partial charge in [0.05, 0.1) is 0 Å². The third-order valence-corrected chi connectivity index (χ3v) is 3.50. The first-order valence-corrected chi connectivity index (χ1v) is 5.92. The molecule has 0 saturated carbocycles. The second-order valence-corrected chi connectivity index (χ2v) is 4.66. The Morgan fingerprint density at radius 3 is 2.59 bits per heavy atom. The Labute approximate surface area is 101 Å². The molecule has 0 unspecified atom stereocenters. The van der Waals surface area contributed by atoms with E-state index in [9.17, 15) is 4.79 Å². The number of nitrogen functional groups attached to an aromatic ring is 1. The normalized spacial score (nSPS) is 17.1. The van der Waals surface area contributed by atoms with Gasteiger partial charge in [-0.25, -0.2) is 4.79 Å². The van der Waals surface area contributed by atoms with Gasteiger partial charge in [-0.15, -0.1) is 0 Å². The molecule has 0 bridgehead atoms. The molecule has 0 atom stereocenters. The van der Waals surface area contributed by atoms with Crippen molar-refractivity contribution in [2.75, 3.05) is 18.8 Å². The molecule has 92 valence electrons. The molecule has 1 saturated heterocycles. The van der Waals surface area contributed by atoms with Crippen molar-refractivity contribution in [1.29, 1.82) is 0 Å². The van der Waals surface area contributed by atoms with Crippen molar-refractivity contribution in [3.8, 4) is 0 Å². The summed E-state index contributed by atoms with van der Waals surface area (Å²) in [7, 11) is 0. The van der Waals surface area contributed by atoms with E-state index in [2.05, 4.69) is 13.0 Å². The van der Waals surface area contributed by atoms with Crippen molar-refractivity contribution in [2.24, 2.45) is 0 Å². The van der Waals surface area contributed by atoms with Crippen LogP contribution in [-0.2, 0) is 0 Å². The van der Waals surface area contributed by atoms with Gasteiger partial charge in [0.15, 0.2) is 0 Å². The van der Waals surface area contributed by atoms with E-state index in [1.807, 2.05) is 12.1 Å². The molecule has 0 aromatic heterocycles. The largest absolute Gasteiger partial charge is 0.465 e. The van der Waals surface area contributed by atoms with Gasteiger partial charge >= 0.3 is 6.09 Å². The van der Waals surface area contributed by atoms with Crippen molar-refractivity contribution in [1.82, 2.24) is 4.90 Å². The maximum atomic E-state index is 10.8. The van der Waals surface area contributed by atoms with Gasteiger partial charge < -0.3 is 15.7 Å². The molecule has 0 radical (unpaired) electrons. The van der Waals surface area contributed by atoms with E-state index < -0.39 is 6.09 Å². The van der Waals surface area contributed by atoms with Crippen molar-refractivity contribution in [3.63, 3.8) is 0 Å². The molecule has 0 aliphatic carbocycles. The molecular weight excluding hydrogens is 216 g/mol. The molecule has 1 amide bonds. The van der Waals surface area contributed by atoms with Crippen LogP contribution < -0.4 is 5.73 Å². The summed E-state index contributed by atoms with van der Waals surface area (Å²) in [5.74, 6) is 0.464. The lowest BCUT2D eigenvalue weighted by Gasteiger charge is -2.31. The molecule has 4 nitrogen and oxygen atoms in total. The second kappa shape index (κ2) is 4.65. The van der Waals surface area contributed by atoms with Crippen molar-refractivity contribution < 1.29 is 9.90 Å². The number of hydrogen-bond donors (Lipinski definition) is 2. The fourth-order valence-electron chi connectivity index (χ4n) is 2.54. The predicted octanol–water partition coefficient (Wildman–Crippen LogP) is 2.43. The van der Waals surface area contributed by atoms with Gasteiger partial charge in [0.25, 0.3) is 0 Å². The number of carboxylic acid groups (broad SMARTS) is 1. The van der Waals surface area contributed by atoms with Gasteiger partial charge in [-0.2, -0.15) is 0 Å². The molecular formula is C13H18N2O2. The zero-order chi connectivity index (χ0) is 12.4. The summed E-state index contributed by atoms with van der Waals surface area (Å²) in [6.07, 6.45) is 0.992. The topological polar surface area (TPSA) is 66.6 Å². The van der Waals surface area contributed by atoms with Crippen LogP contribution in [0.1, 0.15) is 29.9 Å². The number of nitrogens with zero attached hydrogens (tertiary/aromatic N) is 1. The number of anilines is 1. The van der Waals surface area contributed by atoms with Crippen LogP contribution in [-0.4, -0.2) is 29.2 Å². The number of hydrogen-bond acceptors (Lipinski definition) is 2. The zero-order valence-electron chi connectivity index (χ0n) is 10.0. The minimum absolute atomic E-state index is 0.464. The van der Waals surface area contributed by atoms with Gasteiger partial charge in [0.2, 0.25) is 0 Å². The number of carbonyl (C=O) groups is 1. The van der Waals surface area contributed by atoms with E-state index in [4.69, 9.17) is 10.8 Å². The number of piperidine rings is 1. The van der Waals surface area contributed by atoms with Crippen LogP contribution in [0.25, 0.3) is 0 Å². The number of likely N-dealkylation sites (tertiary alicyclic amines) is 1. The Balaban J connectivity index is 2.08. The maximum Gasteiger partial charge on any atom is 0.407 e. The molecule has 1 fully saturated rings. The molecule has 1 aromatic carbocycles. The Kier molecular flexibility index (Phi) is 3.22. The van der Waals surface area contributed by atoms with Crippen LogP contribution in [0.4, 0.5) is 10.5 Å². The maximum absolute atomic E-state index is 10.8. The van der Waals surface area contributed by atoms with E-state index in [1.54, 1.807) is 0 Å². The monoisotopic (exact) mass is 234 g/mol. The molecule has 4 heteroatoms. The van der Waals surface area contributed by atoms with E-state index in [1.165, 1.54) is 16.0 Å². The van der Waals surface area contributed by atoms with Crippen molar-refractivity contribution in [2.45, 2.75) is 25.7 Å². The first-order valence-electron chi connectivity index (χ1n) is 5.92. The SMILES string of the molecule is Cc1cc(N)ccc1C1CCN(C(=O)O)CC1. The van der Waals surface area contributed by atoms with Crippen LogP contribution in [0.2, 0.25) is 0 Å². The zero-order valence-corrected chi connectivity index (χ0v) is 10.0. The van der Waals surface area contributed by atoms with Gasteiger partial charge in [-0.05, 0) is 48.9 Å². The number of rotatable bonds is 1. The number of amides is 1. The Morgan fingerprint density at radius 2 is 2.06 bits per heavy atom.